The minimum atomic E-state index is -0.227. The summed E-state index contributed by atoms with van der Waals surface area (Å²) < 4.78 is 0. The van der Waals surface area contributed by atoms with Gasteiger partial charge in [-0.05, 0) is 36.2 Å². The lowest BCUT2D eigenvalue weighted by Crippen LogP contribution is -2.19. The number of benzene rings is 2. The fourth-order valence-electron chi connectivity index (χ4n) is 1.68. The molecule has 0 atom stereocenters. The van der Waals surface area contributed by atoms with E-state index in [0.717, 1.165) is 17.8 Å². The van der Waals surface area contributed by atoms with Gasteiger partial charge in [0.2, 0.25) is 0 Å². The second-order valence-electron chi connectivity index (χ2n) is 4.00. The Balaban J connectivity index is 1.99. The summed E-state index contributed by atoms with van der Waals surface area (Å²) in [4.78, 5) is 11.8. The van der Waals surface area contributed by atoms with Gasteiger partial charge in [0.25, 0.3) is 0 Å². The Labute approximate surface area is 107 Å². The monoisotopic (exact) mass is 240 g/mol. The molecule has 92 valence electrons. The first-order chi connectivity index (χ1) is 8.78. The van der Waals surface area contributed by atoms with Crippen LogP contribution in [-0.2, 0) is 6.42 Å². The van der Waals surface area contributed by atoms with Crippen LogP contribution >= 0.6 is 0 Å². The molecule has 0 spiro atoms. The topological polar surface area (TPSA) is 41.1 Å². The van der Waals surface area contributed by atoms with Crippen molar-refractivity contribution in [1.82, 2.24) is 0 Å². The number of anilines is 2. The molecule has 0 aliphatic rings. The minimum absolute atomic E-state index is 0.227. The molecule has 2 N–H and O–H groups in total. The lowest BCUT2D eigenvalue weighted by Gasteiger charge is -2.08. The molecule has 2 rings (SSSR count). The van der Waals surface area contributed by atoms with Gasteiger partial charge in [-0.25, -0.2) is 4.79 Å². The largest absolute Gasteiger partial charge is 0.323 e. The summed E-state index contributed by atoms with van der Waals surface area (Å²) in [7, 11) is 0. The van der Waals surface area contributed by atoms with Crippen molar-refractivity contribution in [3.05, 3.63) is 60.2 Å². The highest BCUT2D eigenvalue weighted by atomic mass is 16.2. The van der Waals surface area contributed by atoms with E-state index in [2.05, 4.69) is 17.6 Å². The van der Waals surface area contributed by atoms with Crippen molar-refractivity contribution < 1.29 is 4.79 Å². The summed E-state index contributed by atoms with van der Waals surface area (Å²) in [6.07, 6.45) is 0.954. The molecule has 0 saturated carbocycles. The number of nitrogens with one attached hydrogen (secondary N) is 2. The van der Waals surface area contributed by atoms with Crippen molar-refractivity contribution >= 4 is 17.4 Å². The number of aryl methyl sites for hydroxylation is 1. The summed E-state index contributed by atoms with van der Waals surface area (Å²) >= 11 is 0. The Kier molecular flexibility index (Phi) is 3.97. The maximum absolute atomic E-state index is 11.8. The van der Waals surface area contributed by atoms with E-state index in [0.29, 0.717) is 0 Å². The quantitative estimate of drug-likeness (QED) is 0.839. The number of carbonyl (C=O) groups excluding carboxylic acids is 1. The molecule has 3 heteroatoms. The molecule has 2 aromatic rings. The zero-order valence-corrected chi connectivity index (χ0v) is 10.3. The van der Waals surface area contributed by atoms with Crippen molar-refractivity contribution in [2.75, 3.05) is 10.6 Å². The van der Waals surface area contributed by atoms with E-state index in [9.17, 15) is 4.79 Å². The average molecular weight is 240 g/mol. The average Bonchev–Trinajstić information content (AvgIpc) is 2.40. The fraction of sp³-hybridized carbons (Fsp3) is 0.133. The molecule has 0 saturated heterocycles. The van der Waals surface area contributed by atoms with Crippen LogP contribution in [0, 0.1) is 0 Å². The molecule has 2 aromatic carbocycles. The van der Waals surface area contributed by atoms with Gasteiger partial charge >= 0.3 is 6.03 Å². The van der Waals surface area contributed by atoms with Crippen LogP contribution in [0.2, 0.25) is 0 Å². The molecular weight excluding hydrogens is 224 g/mol. The minimum Gasteiger partial charge on any atom is -0.308 e. The first kappa shape index (κ1) is 12.2. The SMILES string of the molecule is CCc1cccc(NC(=O)Nc2ccccc2)c1. The third-order valence-corrected chi connectivity index (χ3v) is 2.62. The van der Waals surface area contributed by atoms with Gasteiger partial charge in [-0.1, -0.05) is 37.3 Å². The van der Waals surface area contributed by atoms with Crippen LogP contribution in [0.3, 0.4) is 0 Å². The zero-order valence-electron chi connectivity index (χ0n) is 10.3. The van der Waals surface area contributed by atoms with Crippen LogP contribution < -0.4 is 10.6 Å². The van der Waals surface area contributed by atoms with Gasteiger partial charge in [0.05, 0.1) is 0 Å². The van der Waals surface area contributed by atoms with Gasteiger partial charge in [-0.3, -0.25) is 0 Å². The van der Waals surface area contributed by atoms with Crippen LogP contribution in [0.25, 0.3) is 0 Å². The molecule has 0 fully saturated rings. The summed E-state index contributed by atoms with van der Waals surface area (Å²) in [5.41, 5.74) is 2.79. The Morgan fingerprint density at radius 3 is 2.33 bits per heavy atom. The molecule has 0 heterocycles. The van der Waals surface area contributed by atoms with Crippen molar-refractivity contribution in [3.8, 4) is 0 Å². The van der Waals surface area contributed by atoms with Crippen LogP contribution in [0.5, 0.6) is 0 Å². The summed E-state index contributed by atoms with van der Waals surface area (Å²) in [6, 6.07) is 17.0. The molecule has 3 nitrogen and oxygen atoms in total. The Morgan fingerprint density at radius 2 is 1.61 bits per heavy atom. The van der Waals surface area contributed by atoms with Crippen molar-refractivity contribution in [2.45, 2.75) is 13.3 Å². The number of carbonyl (C=O) groups is 1. The second kappa shape index (κ2) is 5.87. The Bertz CT molecular complexity index is 523. The molecule has 0 aliphatic carbocycles. The summed E-state index contributed by atoms with van der Waals surface area (Å²) in [5, 5.41) is 5.59. The maximum Gasteiger partial charge on any atom is 0.323 e. The van der Waals surface area contributed by atoms with E-state index >= 15 is 0 Å². The predicted octanol–water partition coefficient (Wildman–Crippen LogP) is 3.89. The number of urea groups is 1. The molecule has 0 unspecified atom stereocenters. The number of para-hydroxylation sites is 1. The summed E-state index contributed by atoms with van der Waals surface area (Å²) in [6.45, 7) is 2.09. The number of hydrogen-bond acceptors (Lipinski definition) is 1. The van der Waals surface area contributed by atoms with Crippen LogP contribution in [-0.4, -0.2) is 6.03 Å². The van der Waals surface area contributed by atoms with Crippen molar-refractivity contribution in [3.63, 3.8) is 0 Å². The Morgan fingerprint density at radius 1 is 0.944 bits per heavy atom. The van der Waals surface area contributed by atoms with Gasteiger partial charge in [0.1, 0.15) is 0 Å². The van der Waals surface area contributed by atoms with Gasteiger partial charge in [-0.15, -0.1) is 0 Å². The standard InChI is InChI=1S/C15H16N2O/c1-2-12-7-6-10-14(11-12)17-15(18)16-13-8-4-3-5-9-13/h3-11H,2H2,1H3,(H2,16,17,18). The Hall–Kier alpha value is -2.29. The predicted molar refractivity (Wildman–Crippen MR) is 74.9 cm³/mol. The highest BCUT2D eigenvalue weighted by Gasteiger charge is 2.02. The molecular formula is C15H16N2O. The molecule has 2 amide bonds. The van der Waals surface area contributed by atoms with E-state index in [1.807, 2.05) is 54.6 Å². The van der Waals surface area contributed by atoms with E-state index < -0.39 is 0 Å². The lowest BCUT2D eigenvalue weighted by molar-refractivity contribution is 0.262. The third-order valence-electron chi connectivity index (χ3n) is 2.62. The normalized spacial score (nSPS) is 9.83. The van der Waals surface area contributed by atoms with Gasteiger partial charge in [-0.2, -0.15) is 0 Å². The van der Waals surface area contributed by atoms with Crippen LogP contribution in [0.4, 0.5) is 16.2 Å². The van der Waals surface area contributed by atoms with Gasteiger partial charge in [0, 0.05) is 11.4 Å². The smallest absolute Gasteiger partial charge is 0.308 e. The number of hydrogen-bond donors (Lipinski definition) is 2. The molecule has 0 bridgehead atoms. The second-order valence-corrected chi connectivity index (χ2v) is 4.00. The number of amides is 2. The van der Waals surface area contributed by atoms with Gasteiger partial charge in [0.15, 0.2) is 0 Å². The molecule has 18 heavy (non-hydrogen) atoms. The molecule has 0 radical (unpaired) electrons. The van der Waals surface area contributed by atoms with Crippen LogP contribution in [0.1, 0.15) is 12.5 Å². The third kappa shape index (κ3) is 3.35. The number of rotatable bonds is 3. The first-order valence-corrected chi connectivity index (χ1v) is 6.00. The summed E-state index contributed by atoms with van der Waals surface area (Å²) in [5.74, 6) is 0. The van der Waals surface area contributed by atoms with E-state index in [4.69, 9.17) is 0 Å². The molecule has 0 aromatic heterocycles. The van der Waals surface area contributed by atoms with Crippen molar-refractivity contribution in [2.24, 2.45) is 0 Å². The van der Waals surface area contributed by atoms with Gasteiger partial charge < -0.3 is 10.6 Å². The van der Waals surface area contributed by atoms with Crippen molar-refractivity contribution in [1.29, 1.82) is 0 Å². The highest BCUT2D eigenvalue weighted by Crippen LogP contribution is 2.12. The van der Waals surface area contributed by atoms with E-state index in [-0.39, 0.29) is 6.03 Å². The lowest BCUT2D eigenvalue weighted by atomic mass is 10.1. The maximum atomic E-state index is 11.8. The zero-order chi connectivity index (χ0) is 12.8. The van der Waals surface area contributed by atoms with Crippen LogP contribution in [0.15, 0.2) is 54.6 Å². The fourth-order valence-corrected chi connectivity index (χ4v) is 1.68. The molecule has 0 aliphatic heterocycles. The first-order valence-electron chi connectivity index (χ1n) is 6.00. The van der Waals surface area contributed by atoms with E-state index in [1.165, 1.54) is 5.56 Å². The van der Waals surface area contributed by atoms with E-state index in [1.54, 1.807) is 0 Å². The highest BCUT2D eigenvalue weighted by molar-refractivity contribution is 5.99.